The Balaban J connectivity index is 1.42. The van der Waals surface area contributed by atoms with Crippen molar-refractivity contribution in [2.75, 3.05) is 46.3 Å². The number of rotatable bonds is 4. The topological polar surface area (TPSA) is 43.9 Å². The van der Waals surface area contributed by atoms with Crippen molar-refractivity contribution < 1.29 is 9.59 Å². The Bertz CT molecular complexity index is 691. The first-order valence-corrected chi connectivity index (χ1v) is 10.9. The summed E-state index contributed by atoms with van der Waals surface area (Å²) < 4.78 is 0. The third-order valence-corrected chi connectivity index (χ3v) is 7.18. The zero-order chi connectivity index (χ0) is 19.6. The first-order valence-electron chi connectivity index (χ1n) is 10.9. The van der Waals surface area contributed by atoms with Crippen molar-refractivity contribution in [1.29, 1.82) is 0 Å². The van der Waals surface area contributed by atoms with Crippen molar-refractivity contribution >= 4 is 11.8 Å². The maximum absolute atomic E-state index is 13.4. The highest BCUT2D eigenvalue weighted by atomic mass is 16.2. The number of carbonyl (C=O) groups excluding carboxylic acids is 2. The number of piperazine rings is 1. The molecular weight excluding hydrogens is 350 g/mol. The average molecular weight is 384 g/mol. The van der Waals surface area contributed by atoms with Gasteiger partial charge in [-0.1, -0.05) is 43.2 Å². The van der Waals surface area contributed by atoms with Gasteiger partial charge in [-0.15, -0.1) is 0 Å². The van der Waals surface area contributed by atoms with E-state index >= 15 is 0 Å². The summed E-state index contributed by atoms with van der Waals surface area (Å²) in [6.07, 6.45) is 5.89. The second kappa shape index (κ2) is 8.24. The van der Waals surface area contributed by atoms with Gasteiger partial charge in [-0.3, -0.25) is 9.59 Å². The molecule has 1 aliphatic carbocycles. The van der Waals surface area contributed by atoms with E-state index in [1.807, 2.05) is 23.1 Å². The van der Waals surface area contributed by atoms with Crippen LogP contribution in [0.1, 0.15) is 37.7 Å². The van der Waals surface area contributed by atoms with Gasteiger partial charge in [0.15, 0.2) is 0 Å². The van der Waals surface area contributed by atoms with Gasteiger partial charge in [0, 0.05) is 51.1 Å². The van der Waals surface area contributed by atoms with Crippen molar-refractivity contribution in [2.24, 2.45) is 11.3 Å². The van der Waals surface area contributed by atoms with E-state index in [0.29, 0.717) is 18.9 Å². The van der Waals surface area contributed by atoms with Crippen molar-refractivity contribution in [1.82, 2.24) is 14.7 Å². The minimum atomic E-state index is -0.000851. The molecule has 28 heavy (non-hydrogen) atoms. The van der Waals surface area contributed by atoms with Gasteiger partial charge in [-0.25, -0.2) is 0 Å². The highest BCUT2D eigenvalue weighted by molar-refractivity contribution is 5.83. The molecule has 0 N–H and O–H groups in total. The average Bonchev–Trinajstić information content (AvgIpc) is 3.35. The van der Waals surface area contributed by atoms with E-state index in [1.54, 1.807) is 0 Å². The lowest BCUT2D eigenvalue weighted by molar-refractivity contribution is -0.140. The van der Waals surface area contributed by atoms with E-state index in [1.165, 1.54) is 18.4 Å². The summed E-state index contributed by atoms with van der Waals surface area (Å²) in [4.78, 5) is 32.7. The first kappa shape index (κ1) is 19.4. The lowest BCUT2D eigenvalue weighted by atomic mass is 9.76. The van der Waals surface area contributed by atoms with Gasteiger partial charge >= 0.3 is 0 Å². The van der Waals surface area contributed by atoms with Crippen LogP contribution < -0.4 is 0 Å². The lowest BCUT2D eigenvalue weighted by Gasteiger charge is -2.37. The second-order valence-electron chi connectivity index (χ2n) is 9.01. The summed E-state index contributed by atoms with van der Waals surface area (Å²) >= 11 is 0. The minimum absolute atomic E-state index is 0.000851. The van der Waals surface area contributed by atoms with Crippen LogP contribution in [-0.4, -0.2) is 72.8 Å². The molecule has 1 aromatic rings. The molecule has 2 aliphatic heterocycles. The molecule has 2 heterocycles. The van der Waals surface area contributed by atoms with Crippen molar-refractivity contribution in [3.05, 3.63) is 35.9 Å². The molecule has 1 unspecified atom stereocenters. The van der Waals surface area contributed by atoms with Crippen molar-refractivity contribution in [2.45, 2.75) is 38.5 Å². The fourth-order valence-electron chi connectivity index (χ4n) is 5.39. The highest BCUT2D eigenvalue weighted by Crippen LogP contribution is 2.49. The summed E-state index contributed by atoms with van der Waals surface area (Å²) in [7, 11) is 2.11. The monoisotopic (exact) mass is 383 g/mol. The maximum atomic E-state index is 13.4. The quantitative estimate of drug-likeness (QED) is 0.802. The van der Waals surface area contributed by atoms with E-state index in [0.717, 1.165) is 52.0 Å². The molecule has 1 saturated carbocycles. The van der Waals surface area contributed by atoms with Crippen LogP contribution in [0.5, 0.6) is 0 Å². The van der Waals surface area contributed by atoms with Gasteiger partial charge in [0.05, 0.1) is 5.92 Å². The Kier molecular flexibility index (Phi) is 5.72. The van der Waals surface area contributed by atoms with Gasteiger partial charge in [0.25, 0.3) is 0 Å². The molecule has 0 radical (unpaired) electrons. The van der Waals surface area contributed by atoms with Gasteiger partial charge in [-0.2, -0.15) is 0 Å². The van der Waals surface area contributed by atoms with Crippen molar-refractivity contribution in [3.63, 3.8) is 0 Å². The van der Waals surface area contributed by atoms with Crippen LogP contribution in [0.4, 0.5) is 0 Å². The largest absolute Gasteiger partial charge is 0.341 e. The summed E-state index contributed by atoms with van der Waals surface area (Å²) in [5.74, 6) is 0.510. The van der Waals surface area contributed by atoms with Gasteiger partial charge in [-0.05, 0) is 31.9 Å². The van der Waals surface area contributed by atoms with Crippen LogP contribution in [0.3, 0.4) is 0 Å². The van der Waals surface area contributed by atoms with Crippen LogP contribution in [0.2, 0.25) is 0 Å². The molecular formula is C23H33N3O2. The Morgan fingerprint density at radius 1 is 1.00 bits per heavy atom. The lowest BCUT2D eigenvalue weighted by Crippen LogP contribution is -2.51. The van der Waals surface area contributed by atoms with E-state index in [2.05, 4.69) is 29.0 Å². The molecule has 1 aromatic carbocycles. The van der Waals surface area contributed by atoms with Crippen LogP contribution >= 0.6 is 0 Å². The molecule has 5 nitrogen and oxygen atoms in total. The number of likely N-dealkylation sites (tertiary alicyclic amines) is 1. The molecule has 2 saturated heterocycles. The Morgan fingerprint density at radius 3 is 2.36 bits per heavy atom. The van der Waals surface area contributed by atoms with E-state index < -0.39 is 0 Å². The van der Waals surface area contributed by atoms with E-state index in [-0.39, 0.29) is 17.2 Å². The SMILES string of the molecule is CN1CCN(C(=O)C2CN(C(=O)CCc3ccccc3)CC23CCCC3)CC1. The Morgan fingerprint density at radius 2 is 1.68 bits per heavy atom. The second-order valence-corrected chi connectivity index (χ2v) is 9.01. The van der Waals surface area contributed by atoms with E-state index in [4.69, 9.17) is 0 Å². The molecule has 3 fully saturated rings. The predicted molar refractivity (Wildman–Crippen MR) is 110 cm³/mol. The Hall–Kier alpha value is -1.88. The smallest absolute Gasteiger partial charge is 0.228 e. The number of hydrogen-bond donors (Lipinski definition) is 0. The number of likely N-dealkylation sites (N-methyl/N-ethyl adjacent to an activating group) is 1. The fraction of sp³-hybridized carbons (Fsp3) is 0.652. The molecule has 5 heteroatoms. The van der Waals surface area contributed by atoms with E-state index in [9.17, 15) is 9.59 Å². The highest BCUT2D eigenvalue weighted by Gasteiger charge is 2.53. The maximum Gasteiger partial charge on any atom is 0.228 e. The third kappa shape index (κ3) is 3.95. The fourth-order valence-corrected chi connectivity index (χ4v) is 5.39. The van der Waals surface area contributed by atoms with Crippen LogP contribution in [0.15, 0.2) is 30.3 Å². The number of nitrogens with zero attached hydrogens (tertiary/aromatic N) is 3. The zero-order valence-corrected chi connectivity index (χ0v) is 17.1. The molecule has 4 rings (SSSR count). The summed E-state index contributed by atoms with van der Waals surface area (Å²) in [5.41, 5.74) is 1.23. The molecule has 0 bridgehead atoms. The predicted octanol–water partition coefficient (Wildman–Crippen LogP) is 2.41. The molecule has 1 spiro atoms. The van der Waals surface area contributed by atoms with Crippen molar-refractivity contribution in [3.8, 4) is 0 Å². The number of carbonyl (C=O) groups is 2. The van der Waals surface area contributed by atoms with Gasteiger partial charge in [0.1, 0.15) is 0 Å². The molecule has 3 aliphatic rings. The van der Waals surface area contributed by atoms with Crippen LogP contribution in [-0.2, 0) is 16.0 Å². The number of aryl methyl sites for hydroxylation is 1. The zero-order valence-electron chi connectivity index (χ0n) is 17.1. The standard InChI is InChI=1S/C23H33N3O2/c1-24-13-15-25(16-14-24)22(28)20-17-26(18-23(20)11-5-6-12-23)21(27)10-9-19-7-3-2-4-8-19/h2-4,7-8,20H,5-6,9-18H2,1H3. The third-order valence-electron chi connectivity index (χ3n) is 7.18. The minimum Gasteiger partial charge on any atom is -0.341 e. The number of benzene rings is 1. The molecule has 1 atom stereocenters. The first-order chi connectivity index (χ1) is 13.6. The molecule has 0 aromatic heterocycles. The Labute approximate surface area is 168 Å². The van der Waals surface area contributed by atoms with Gasteiger partial charge < -0.3 is 14.7 Å². The summed E-state index contributed by atoms with van der Waals surface area (Å²) in [5, 5.41) is 0. The normalized spacial score (nSPS) is 24.8. The summed E-state index contributed by atoms with van der Waals surface area (Å²) in [6.45, 7) is 4.95. The van der Waals surface area contributed by atoms with Crippen LogP contribution in [0.25, 0.3) is 0 Å². The molecule has 152 valence electrons. The number of amides is 2. The van der Waals surface area contributed by atoms with Gasteiger partial charge in [0.2, 0.25) is 11.8 Å². The molecule has 2 amide bonds. The summed E-state index contributed by atoms with van der Waals surface area (Å²) in [6, 6.07) is 10.2. The number of hydrogen-bond acceptors (Lipinski definition) is 3. The van der Waals surface area contributed by atoms with Crippen LogP contribution in [0, 0.1) is 11.3 Å².